The van der Waals surface area contributed by atoms with Crippen LogP contribution in [0.25, 0.3) is 5.78 Å². The van der Waals surface area contributed by atoms with Gasteiger partial charge >= 0.3 is 6.18 Å². The molecule has 2 aromatic rings. The van der Waals surface area contributed by atoms with Crippen molar-refractivity contribution in [3.8, 4) is 0 Å². The summed E-state index contributed by atoms with van der Waals surface area (Å²) in [6.45, 7) is 1.94. The van der Waals surface area contributed by atoms with E-state index >= 15 is 0 Å². The van der Waals surface area contributed by atoms with E-state index in [9.17, 15) is 13.2 Å². The predicted molar refractivity (Wildman–Crippen MR) is 68.0 cm³/mol. The highest BCUT2D eigenvalue weighted by Crippen LogP contribution is 2.32. The zero-order valence-corrected chi connectivity index (χ0v) is 11.3. The second kappa shape index (κ2) is 4.83. The molecule has 114 valence electrons. The van der Waals surface area contributed by atoms with E-state index in [2.05, 4.69) is 15.1 Å². The maximum absolute atomic E-state index is 12.8. The SMILES string of the molecule is Cc1cc(N(CCO)C2CC2)n2nc(C(F)(F)F)nc2n1. The molecule has 1 fully saturated rings. The molecule has 21 heavy (non-hydrogen) atoms. The van der Waals surface area contributed by atoms with Crippen LogP contribution in [-0.4, -0.2) is 43.9 Å². The minimum Gasteiger partial charge on any atom is -0.395 e. The first-order valence-electron chi connectivity index (χ1n) is 6.59. The molecule has 3 rings (SSSR count). The lowest BCUT2D eigenvalue weighted by molar-refractivity contribution is -0.144. The van der Waals surface area contributed by atoms with Crippen molar-refractivity contribution in [3.63, 3.8) is 0 Å². The van der Waals surface area contributed by atoms with Gasteiger partial charge in [-0.25, -0.2) is 4.98 Å². The minimum atomic E-state index is -4.61. The highest BCUT2D eigenvalue weighted by molar-refractivity contribution is 5.49. The predicted octanol–water partition coefficient (Wildman–Crippen LogP) is 1.41. The van der Waals surface area contributed by atoms with Crippen LogP contribution < -0.4 is 4.90 Å². The van der Waals surface area contributed by atoms with E-state index < -0.39 is 12.0 Å². The number of hydrogen-bond acceptors (Lipinski definition) is 5. The van der Waals surface area contributed by atoms with Gasteiger partial charge in [-0.3, -0.25) is 0 Å². The van der Waals surface area contributed by atoms with Crippen LogP contribution >= 0.6 is 0 Å². The molecule has 2 heterocycles. The summed E-state index contributed by atoms with van der Waals surface area (Å²) in [6, 6.07) is 1.89. The third kappa shape index (κ3) is 2.65. The molecule has 0 aromatic carbocycles. The Hall–Kier alpha value is -1.90. The van der Waals surface area contributed by atoms with Crippen LogP contribution in [0, 0.1) is 6.92 Å². The summed E-state index contributed by atoms with van der Waals surface area (Å²) in [6.07, 6.45) is -2.71. The average molecular weight is 301 g/mol. The Balaban J connectivity index is 2.14. The van der Waals surface area contributed by atoms with Crippen LogP contribution in [0.15, 0.2) is 6.07 Å². The normalized spacial score (nSPS) is 15.7. The number of anilines is 1. The van der Waals surface area contributed by atoms with Crippen molar-refractivity contribution in [3.05, 3.63) is 17.6 Å². The number of halogens is 3. The van der Waals surface area contributed by atoms with Gasteiger partial charge in [0.25, 0.3) is 11.6 Å². The fraction of sp³-hybridized carbons (Fsp3) is 0.583. The first-order chi connectivity index (χ1) is 9.90. The average Bonchev–Trinajstić information content (AvgIpc) is 3.12. The largest absolute Gasteiger partial charge is 0.453 e. The number of aliphatic hydroxyl groups is 1. The van der Waals surface area contributed by atoms with Crippen molar-refractivity contribution < 1.29 is 18.3 Å². The summed E-state index contributed by atoms with van der Waals surface area (Å²) >= 11 is 0. The number of hydrogen-bond donors (Lipinski definition) is 1. The zero-order valence-electron chi connectivity index (χ0n) is 11.3. The van der Waals surface area contributed by atoms with Gasteiger partial charge in [0.05, 0.1) is 6.61 Å². The van der Waals surface area contributed by atoms with Crippen molar-refractivity contribution in [2.45, 2.75) is 32.0 Å². The second-order valence-electron chi connectivity index (χ2n) is 5.05. The molecule has 6 nitrogen and oxygen atoms in total. The second-order valence-corrected chi connectivity index (χ2v) is 5.05. The van der Waals surface area contributed by atoms with Crippen molar-refractivity contribution in [1.29, 1.82) is 0 Å². The number of nitrogens with zero attached hydrogens (tertiary/aromatic N) is 5. The van der Waals surface area contributed by atoms with Gasteiger partial charge in [0.1, 0.15) is 5.82 Å². The Morgan fingerprint density at radius 2 is 2.10 bits per heavy atom. The van der Waals surface area contributed by atoms with Gasteiger partial charge in [-0.1, -0.05) is 0 Å². The van der Waals surface area contributed by atoms with Crippen molar-refractivity contribution in [1.82, 2.24) is 19.6 Å². The molecule has 9 heteroatoms. The third-order valence-electron chi connectivity index (χ3n) is 3.30. The van der Waals surface area contributed by atoms with Crippen LogP contribution in [0.3, 0.4) is 0 Å². The molecule has 1 aliphatic rings. The van der Waals surface area contributed by atoms with Crippen LogP contribution in [0.4, 0.5) is 19.0 Å². The van der Waals surface area contributed by atoms with Gasteiger partial charge in [0.2, 0.25) is 0 Å². The van der Waals surface area contributed by atoms with Crippen LogP contribution in [-0.2, 0) is 6.18 Å². The summed E-state index contributed by atoms with van der Waals surface area (Å²) < 4.78 is 39.4. The van der Waals surface area contributed by atoms with E-state index in [0.717, 1.165) is 17.4 Å². The van der Waals surface area contributed by atoms with E-state index in [1.807, 2.05) is 4.90 Å². The Labute approximate surface area is 118 Å². The molecule has 1 aliphatic carbocycles. The fourth-order valence-electron chi connectivity index (χ4n) is 2.27. The first-order valence-corrected chi connectivity index (χ1v) is 6.59. The lowest BCUT2D eigenvalue weighted by Gasteiger charge is -2.23. The molecule has 2 aromatic heterocycles. The number of aryl methyl sites for hydroxylation is 1. The molecule has 0 bridgehead atoms. The third-order valence-corrected chi connectivity index (χ3v) is 3.30. The molecular weight excluding hydrogens is 287 g/mol. The number of aromatic nitrogens is 4. The van der Waals surface area contributed by atoms with Crippen LogP contribution in [0.1, 0.15) is 24.4 Å². The van der Waals surface area contributed by atoms with Crippen molar-refractivity contribution in [2.24, 2.45) is 0 Å². The van der Waals surface area contributed by atoms with E-state index in [-0.39, 0.29) is 18.4 Å². The van der Waals surface area contributed by atoms with Gasteiger partial charge < -0.3 is 10.0 Å². The van der Waals surface area contributed by atoms with Gasteiger partial charge in [-0.15, -0.1) is 5.10 Å². The van der Waals surface area contributed by atoms with Crippen LogP contribution in [0.5, 0.6) is 0 Å². The van der Waals surface area contributed by atoms with Crippen molar-refractivity contribution >= 4 is 11.6 Å². The summed E-state index contributed by atoms with van der Waals surface area (Å²) in [5, 5.41) is 12.7. The standard InChI is InChI=1S/C12H14F3N5O/c1-7-6-9(19(4-5-21)8-2-3-8)20-11(16-7)17-10(18-20)12(13,14)15/h6,8,21H,2-5H2,1H3. The highest BCUT2D eigenvalue weighted by Gasteiger charge is 2.38. The lowest BCUT2D eigenvalue weighted by atomic mass is 10.3. The molecule has 1 saturated carbocycles. The summed E-state index contributed by atoms with van der Waals surface area (Å²) in [5.41, 5.74) is 0.558. The quantitative estimate of drug-likeness (QED) is 0.925. The Morgan fingerprint density at radius 3 is 2.67 bits per heavy atom. The molecule has 0 saturated heterocycles. The summed E-state index contributed by atoms with van der Waals surface area (Å²) in [4.78, 5) is 9.30. The fourth-order valence-corrected chi connectivity index (χ4v) is 2.27. The minimum absolute atomic E-state index is 0.0825. The van der Waals surface area contributed by atoms with Gasteiger partial charge in [0, 0.05) is 24.3 Å². The molecule has 0 amide bonds. The summed E-state index contributed by atoms with van der Waals surface area (Å²) in [5.74, 6) is -0.806. The van der Waals surface area contributed by atoms with E-state index in [0.29, 0.717) is 18.1 Å². The number of rotatable bonds is 4. The Bertz CT molecular complexity index is 665. The zero-order chi connectivity index (χ0) is 15.2. The molecule has 0 atom stereocenters. The van der Waals surface area contributed by atoms with E-state index in [1.165, 1.54) is 0 Å². The molecule has 1 N–H and O–H groups in total. The van der Waals surface area contributed by atoms with Crippen LogP contribution in [0.2, 0.25) is 0 Å². The lowest BCUT2D eigenvalue weighted by Crippen LogP contribution is -2.31. The van der Waals surface area contributed by atoms with Gasteiger partial charge in [0.15, 0.2) is 0 Å². The molecule has 0 aliphatic heterocycles. The molecular formula is C12H14F3N5O. The Morgan fingerprint density at radius 1 is 1.38 bits per heavy atom. The van der Waals surface area contributed by atoms with E-state index in [1.54, 1.807) is 13.0 Å². The smallest absolute Gasteiger partial charge is 0.395 e. The summed E-state index contributed by atoms with van der Waals surface area (Å²) in [7, 11) is 0. The van der Waals surface area contributed by atoms with E-state index in [4.69, 9.17) is 5.11 Å². The number of aliphatic hydroxyl groups excluding tert-OH is 1. The monoisotopic (exact) mass is 301 g/mol. The first kappa shape index (κ1) is 14.1. The number of fused-ring (bicyclic) bond motifs is 1. The maximum atomic E-state index is 12.8. The van der Waals surface area contributed by atoms with Crippen molar-refractivity contribution in [2.75, 3.05) is 18.1 Å². The Kier molecular flexibility index (Phi) is 3.23. The molecule has 0 radical (unpaired) electrons. The van der Waals surface area contributed by atoms with Gasteiger partial charge in [-0.2, -0.15) is 22.7 Å². The number of alkyl halides is 3. The van der Waals surface area contributed by atoms with Gasteiger partial charge in [-0.05, 0) is 19.8 Å². The molecule has 0 spiro atoms. The molecule has 0 unspecified atom stereocenters. The topological polar surface area (TPSA) is 66.5 Å². The maximum Gasteiger partial charge on any atom is 0.453 e. The highest BCUT2D eigenvalue weighted by atomic mass is 19.4.